The minimum atomic E-state index is 1.64. The molecule has 2 rings (SSSR count). The Morgan fingerprint density at radius 3 is 1.46 bits per heavy atom. The van der Waals surface area contributed by atoms with Crippen LogP contribution in [-0.4, -0.2) is 9.97 Å². The van der Waals surface area contributed by atoms with Gasteiger partial charge in [0.05, 0.1) is 0 Å². The zero-order valence-electron chi connectivity index (χ0n) is 7.17. The first-order chi connectivity index (χ1) is 6.50. The van der Waals surface area contributed by atoms with Crippen LogP contribution in [0.5, 0.6) is 0 Å². The molecule has 0 spiro atoms. The van der Waals surface area contributed by atoms with E-state index in [1.807, 2.05) is 36.7 Å². The number of hydrogen-bond donors (Lipinski definition) is 1. The van der Waals surface area contributed by atoms with E-state index < -0.39 is 0 Å². The summed E-state index contributed by atoms with van der Waals surface area (Å²) in [5.41, 5.74) is 0. The highest BCUT2D eigenvalue weighted by Crippen LogP contribution is 1.81. The predicted octanol–water partition coefficient (Wildman–Crippen LogP) is 1.65. The highest BCUT2D eigenvalue weighted by molar-refractivity contribution is 5.14. The summed E-state index contributed by atoms with van der Waals surface area (Å²) in [5.74, 6) is 0. The van der Waals surface area contributed by atoms with Crippen LogP contribution < -0.4 is 5.32 Å². The molecule has 3 nitrogen and oxygen atoms in total. The van der Waals surface area contributed by atoms with E-state index >= 15 is 0 Å². The number of allylic oxidation sites excluding steroid dienone is 4. The molecule has 1 aromatic rings. The van der Waals surface area contributed by atoms with Crippen molar-refractivity contribution in [3.05, 3.63) is 61.5 Å². The monoisotopic (exact) mass is 173 g/mol. The molecule has 0 bridgehead atoms. The van der Waals surface area contributed by atoms with E-state index in [9.17, 15) is 0 Å². The van der Waals surface area contributed by atoms with Crippen molar-refractivity contribution >= 4 is 0 Å². The Morgan fingerprint density at radius 1 is 0.615 bits per heavy atom. The van der Waals surface area contributed by atoms with Gasteiger partial charge in [0.1, 0.15) is 0 Å². The Bertz CT molecular complexity index is 248. The Morgan fingerprint density at radius 2 is 1.08 bits per heavy atom. The zero-order valence-corrected chi connectivity index (χ0v) is 7.17. The predicted molar refractivity (Wildman–Crippen MR) is 52.6 cm³/mol. The molecule has 1 N–H and O–H groups in total. The summed E-state index contributed by atoms with van der Waals surface area (Å²) in [4.78, 5) is 7.44. The van der Waals surface area contributed by atoms with E-state index in [1.165, 1.54) is 0 Å². The topological polar surface area (TPSA) is 37.8 Å². The second-order valence-corrected chi connectivity index (χ2v) is 2.16. The first-order valence-electron chi connectivity index (χ1n) is 3.94. The molecule has 0 fully saturated rings. The summed E-state index contributed by atoms with van der Waals surface area (Å²) in [7, 11) is 0. The Kier molecular flexibility index (Phi) is 4.80. The van der Waals surface area contributed by atoms with Crippen LogP contribution in [0.1, 0.15) is 0 Å². The second kappa shape index (κ2) is 6.79. The molecular weight excluding hydrogens is 162 g/mol. The standard InChI is InChI=1S/C6H7N.C4H4N2/c1-2-4-6-7-5-3-1;1-2-6-4-3-5-1/h1-7H;1-4H. The molecule has 0 radical (unpaired) electrons. The summed E-state index contributed by atoms with van der Waals surface area (Å²) in [6.07, 6.45) is 18.1. The number of nitrogens with zero attached hydrogens (tertiary/aromatic N) is 2. The molecule has 0 saturated carbocycles. The molecule has 1 aliphatic rings. The van der Waals surface area contributed by atoms with Crippen LogP contribution in [-0.2, 0) is 0 Å². The highest BCUT2D eigenvalue weighted by atomic mass is 14.8. The van der Waals surface area contributed by atoms with Crippen LogP contribution in [0.15, 0.2) is 61.5 Å². The Balaban J connectivity index is 0.000000132. The van der Waals surface area contributed by atoms with E-state index in [0.29, 0.717) is 0 Å². The van der Waals surface area contributed by atoms with Crippen molar-refractivity contribution in [2.75, 3.05) is 0 Å². The van der Waals surface area contributed by atoms with E-state index in [2.05, 4.69) is 15.3 Å². The Labute approximate surface area is 77.5 Å². The first-order valence-corrected chi connectivity index (χ1v) is 3.94. The van der Waals surface area contributed by atoms with Crippen molar-refractivity contribution in [3.8, 4) is 0 Å². The lowest BCUT2D eigenvalue weighted by atomic mass is 10.5. The van der Waals surface area contributed by atoms with Crippen LogP contribution in [0.25, 0.3) is 0 Å². The summed E-state index contributed by atoms with van der Waals surface area (Å²) < 4.78 is 0. The summed E-state index contributed by atoms with van der Waals surface area (Å²) in [6, 6.07) is 0. The number of nitrogens with one attached hydrogen (secondary N) is 1. The molecule has 13 heavy (non-hydrogen) atoms. The lowest BCUT2D eigenvalue weighted by molar-refractivity contribution is 1.20. The number of hydrogen-bond acceptors (Lipinski definition) is 3. The third kappa shape index (κ3) is 5.38. The summed E-state index contributed by atoms with van der Waals surface area (Å²) in [6.45, 7) is 0. The van der Waals surface area contributed by atoms with Gasteiger partial charge in [0.15, 0.2) is 0 Å². The van der Waals surface area contributed by atoms with Crippen LogP contribution >= 0.6 is 0 Å². The van der Waals surface area contributed by atoms with Crippen molar-refractivity contribution in [1.29, 1.82) is 0 Å². The second-order valence-electron chi connectivity index (χ2n) is 2.16. The molecule has 0 aliphatic carbocycles. The molecule has 1 aromatic heterocycles. The average Bonchev–Trinajstić information content (AvgIpc) is 2.53. The molecule has 66 valence electrons. The lowest BCUT2D eigenvalue weighted by Gasteiger charge is -1.79. The third-order valence-corrected chi connectivity index (χ3v) is 1.20. The van der Waals surface area contributed by atoms with Crippen LogP contribution in [0.4, 0.5) is 0 Å². The SMILES string of the molecule is C1=CC=CNC=C1.c1cnccn1. The molecule has 0 atom stereocenters. The van der Waals surface area contributed by atoms with Gasteiger partial charge in [0.25, 0.3) is 0 Å². The fourth-order valence-corrected chi connectivity index (χ4v) is 0.659. The van der Waals surface area contributed by atoms with Gasteiger partial charge in [-0.3, -0.25) is 9.97 Å². The van der Waals surface area contributed by atoms with Crippen molar-refractivity contribution < 1.29 is 0 Å². The quantitative estimate of drug-likeness (QED) is 0.648. The minimum absolute atomic E-state index is 1.64. The molecule has 3 heteroatoms. The van der Waals surface area contributed by atoms with Gasteiger partial charge in [-0.1, -0.05) is 12.2 Å². The van der Waals surface area contributed by atoms with Gasteiger partial charge in [-0.25, -0.2) is 0 Å². The Hall–Kier alpha value is -1.90. The van der Waals surface area contributed by atoms with E-state index in [-0.39, 0.29) is 0 Å². The maximum Gasteiger partial charge on any atom is 0.0451 e. The van der Waals surface area contributed by atoms with Gasteiger partial charge in [0.2, 0.25) is 0 Å². The largest absolute Gasteiger partial charge is 0.368 e. The van der Waals surface area contributed by atoms with E-state index in [1.54, 1.807) is 24.8 Å². The van der Waals surface area contributed by atoms with Crippen LogP contribution in [0, 0.1) is 0 Å². The zero-order chi connectivity index (χ0) is 9.19. The van der Waals surface area contributed by atoms with E-state index in [0.717, 1.165) is 0 Å². The molecule has 2 heterocycles. The van der Waals surface area contributed by atoms with Crippen molar-refractivity contribution in [2.24, 2.45) is 0 Å². The lowest BCUT2D eigenvalue weighted by Crippen LogP contribution is -1.87. The van der Waals surface area contributed by atoms with Crippen LogP contribution in [0.2, 0.25) is 0 Å². The van der Waals surface area contributed by atoms with Gasteiger partial charge in [-0.15, -0.1) is 0 Å². The van der Waals surface area contributed by atoms with Crippen molar-refractivity contribution in [2.45, 2.75) is 0 Å². The fourth-order valence-electron chi connectivity index (χ4n) is 0.659. The molecule has 0 amide bonds. The van der Waals surface area contributed by atoms with Crippen LogP contribution in [0.3, 0.4) is 0 Å². The normalized spacial score (nSPS) is 12.3. The van der Waals surface area contributed by atoms with Gasteiger partial charge in [0, 0.05) is 37.2 Å². The van der Waals surface area contributed by atoms with Gasteiger partial charge < -0.3 is 5.32 Å². The van der Waals surface area contributed by atoms with Gasteiger partial charge in [-0.05, 0) is 12.2 Å². The summed E-state index contributed by atoms with van der Waals surface area (Å²) >= 11 is 0. The molecule has 0 aromatic carbocycles. The highest BCUT2D eigenvalue weighted by Gasteiger charge is 1.67. The van der Waals surface area contributed by atoms with Crippen molar-refractivity contribution in [1.82, 2.24) is 15.3 Å². The molecule has 0 saturated heterocycles. The van der Waals surface area contributed by atoms with Crippen molar-refractivity contribution in [3.63, 3.8) is 0 Å². The average molecular weight is 173 g/mol. The molecular formula is C10H11N3. The minimum Gasteiger partial charge on any atom is -0.368 e. The summed E-state index contributed by atoms with van der Waals surface area (Å²) in [5, 5.41) is 2.92. The molecule has 1 aliphatic heterocycles. The smallest absolute Gasteiger partial charge is 0.0451 e. The first kappa shape index (κ1) is 9.19. The third-order valence-electron chi connectivity index (χ3n) is 1.20. The fraction of sp³-hybridized carbons (Fsp3) is 0. The molecule has 0 unspecified atom stereocenters. The number of aromatic nitrogens is 2. The van der Waals surface area contributed by atoms with Gasteiger partial charge >= 0.3 is 0 Å². The van der Waals surface area contributed by atoms with Gasteiger partial charge in [-0.2, -0.15) is 0 Å². The maximum absolute atomic E-state index is 3.72. The number of rotatable bonds is 0. The maximum atomic E-state index is 3.72. The van der Waals surface area contributed by atoms with E-state index in [4.69, 9.17) is 0 Å².